The van der Waals surface area contributed by atoms with Crippen LogP contribution >= 0.6 is 0 Å². The van der Waals surface area contributed by atoms with Crippen LogP contribution in [-0.4, -0.2) is 37.4 Å². The van der Waals surface area contributed by atoms with Crippen LogP contribution in [0.4, 0.5) is 10.5 Å². The molecule has 0 aliphatic heterocycles. The van der Waals surface area contributed by atoms with E-state index in [4.69, 9.17) is 14.2 Å². The molecule has 0 fully saturated rings. The summed E-state index contributed by atoms with van der Waals surface area (Å²) < 4.78 is 17.2. The van der Waals surface area contributed by atoms with Gasteiger partial charge in [-0.2, -0.15) is 0 Å². The first kappa shape index (κ1) is 30.1. The fourth-order valence-corrected chi connectivity index (χ4v) is 5.69. The fraction of sp³-hybridized carbons (Fsp3) is 0.306. The van der Waals surface area contributed by atoms with Crippen LogP contribution in [-0.2, 0) is 30.8 Å². The number of rotatable bonds is 11. The Balaban J connectivity index is 1.35. The van der Waals surface area contributed by atoms with Gasteiger partial charge in [0.05, 0.1) is 18.9 Å². The van der Waals surface area contributed by atoms with Gasteiger partial charge in [-0.05, 0) is 72.2 Å². The summed E-state index contributed by atoms with van der Waals surface area (Å²) in [5.74, 6) is 1.41. The van der Waals surface area contributed by atoms with Crippen LogP contribution < -0.4 is 19.7 Å². The van der Waals surface area contributed by atoms with Gasteiger partial charge < -0.3 is 24.6 Å². The molecule has 0 saturated carbocycles. The number of aliphatic hydroxyl groups excluding tert-OH is 1. The van der Waals surface area contributed by atoms with Crippen molar-refractivity contribution in [1.29, 1.82) is 0 Å². The summed E-state index contributed by atoms with van der Waals surface area (Å²) in [4.78, 5) is 14.8. The van der Waals surface area contributed by atoms with Crippen molar-refractivity contribution in [3.05, 3.63) is 125 Å². The Morgan fingerprint density at radius 2 is 1.56 bits per heavy atom. The lowest BCUT2D eigenvalue weighted by Gasteiger charge is -2.35. The SMILES string of the molecule is COc1ccc(CC(C)NC2CCc3c(ccc(OCc4ccccc4)c3N(C)C(=O)OCc3ccccc3)C2O)cc1. The topological polar surface area (TPSA) is 80.3 Å². The molecule has 4 aromatic rings. The Kier molecular flexibility index (Phi) is 9.97. The number of anilines is 1. The number of nitrogens with one attached hydrogen (secondary N) is 1. The maximum absolute atomic E-state index is 13.3. The number of carbonyl (C=O) groups is 1. The Labute approximate surface area is 254 Å². The molecule has 7 nitrogen and oxygen atoms in total. The third kappa shape index (κ3) is 7.55. The molecule has 1 aliphatic rings. The van der Waals surface area contributed by atoms with E-state index in [9.17, 15) is 9.90 Å². The molecule has 0 aromatic heterocycles. The van der Waals surface area contributed by atoms with E-state index in [1.54, 1.807) is 14.2 Å². The molecule has 0 heterocycles. The number of ether oxygens (including phenoxy) is 3. The van der Waals surface area contributed by atoms with Crippen LogP contribution in [0.3, 0.4) is 0 Å². The van der Waals surface area contributed by atoms with Crippen molar-refractivity contribution in [2.24, 2.45) is 0 Å². The normalized spacial score (nSPS) is 16.6. The lowest BCUT2D eigenvalue weighted by molar-refractivity contribution is 0.109. The highest BCUT2D eigenvalue weighted by Gasteiger charge is 2.33. The Bertz CT molecular complexity index is 1480. The summed E-state index contributed by atoms with van der Waals surface area (Å²) in [6.45, 7) is 2.66. The van der Waals surface area contributed by atoms with Crippen molar-refractivity contribution in [1.82, 2.24) is 5.32 Å². The molecule has 0 spiro atoms. The molecule has 3 atom stereocenters. The molecule has 1 aliphatic carbocycles. The number of fused-ring (bicyclic) bond motifs is 1. The van der Waals surface area contributed by atoms with Gasteiger partial charge in [-0.25, -0.2) is 4.79 Å². The van der Waals surface area contributed by atoms with Crippen LogP contribution in [0.1, 0.15) is 47.3 Å². The summed E-state index contributed by atoms with van der Waals surface area (Å²) in [6, 6.07) is 31.4. The summed E-state index contributed by atoms with van der Waals surface area (Å²) in [5.41, 5.74) is 5.46. The van der Waals surface area contributed by atoms with Gasteiger partial charge in [0, 0.05) is 19.1 Å². The number of amides is 1. The molecule has 5 rings (SSSR count). The van der Waals surface area contributed by atoms with Gasteiger partial charge in [0.25, 0.3) is 0 Å². The maximum Gasteiger partial charge on any atom is 0.414 e. The second-order valence-corrected chi connectivity index (χ2v) is 11.1. The first-order chi connectivity index (χ1) is 20.9. The van der Waals surface area contributed by atoms with Crippen molar-refractivity contribution >= 4 is 11.8 Å². The first-order valence-corrected chi connectivity index (χ1v) is 14.8. The molecule has 224 valence electrons. The van der Waals surface area contributed by atoms with E-state index in [1.807, 2.05) is 84.9 Å². The second kappa shape index (κ2) is 14.2. The number of hydrogen-bond acceptors (Lipinski definition) is 6. The molecule has 1 amide bonds. The molecule has 43 heavy (non-hydrogen) atoms. The molecule has 2 N–H and O–H groups in total. The third-order valence-electron chi connectivity index (χ3n) is 7.94. The minimum absolute atomic E-state index is 0.125. The number of carbonyl (C=O) groups excluding carboxylic acids is 1. The van der Waals surface area contributed by atoms with Gasteiger partial charge in [-0.1, -0.05) is 78.9 Å². The smallest absolute Gasteiger partial charge is 0.414 e. The van der Waals surface area contributed by atoms with Crippen molar-refractivity contribution in [2.45, 2.75) is 57.6 Å². The summed E-state index contributed by atoms with van der Waals surface area (Å²) >= 11 is 0. The van der Waals surface area contributed by atoms with Crippen molar-refractivity contribution < 1.29 is 24.1 Å². The first-order valence-electron chi connectivity index (χ1n) is 14.8. The zero-order chi connectivity index (χ0) is 30.2. The number of benzene rings is 4. The highest BCUT2D eigenvalue weighted by atomic mass is 16.6. The molecule has 4 aromatic carbocycles. The van der Waals surface area contributed by atoms with Crippen LogP contribution in [0, 0.1) is 0 Å². The van der Waals surface area contributed by atoms with E-state index in [1.165, 1.54) is 10.5 Å². The van der Waals surface area contributed by atoms with Crippen LogP contribution in [0.15, 0.2) is 97.1 Å². The van der Waals surface area contributed by atoms with Gasteiger partial charge in [0.2, 0.25) is 0 Å². The molecule has 0 radical (unpaired) electrons. The number of aliphatic hydroxyl groups is 1. The van der Waals surface area contributed by atoms with Crippen LogP contribution in [0.5, 0.6) is 11.5 Å². The van der Waals surface area contributed by atoms with Gasteiger partial charge in [0.15, 0.2) is 0 Å². The van der Waals surface area contributed by atoms with Crippen molar-refractivity contribution in [3.8, 4) is 11.5 Å². The van der Waals surface area contributed by atoms with Gasteiger partial charge >= 0.3 is 6.09 Å². The van der Waals surface area contributed by atoms with E-state index < -0.39 is 12.2 Å². The number of methoxy groups -OCH3 is 1. The standard InChI is InChI=1S/C36H40N2O5/c1-25(22-26-14-16-29(41-3)17-15-26)37-32-20-18-30-31(35(32)39)19-21-33(42-23-27-10-6-4-7-11-27)34(30)38(2)36(40)43-24-28-12-8-5-9-13-28/h4-17,19,21,25,32,35,37,39H,18,20,22-24H2,1-3H3. The average molecular weight is 581 g/mol. The maximum atomic E-state index is 13.3. The molecule has 7 heteroatoms. The molecule has 0 bridgehead atoms. The third-order valence-corrected chi connectivity index (χ3v) is 7.94. The van der Waals surface area contributed by atoms with E-state index in [-0.39, 0.29) is 18.7 Å². The Morgan fingerprint density at radius 3 is 2.21 bits per heavy atom. The van der Waals surface area contributed by atoms with E-state index >= 15 is 0 Å². The molecule has 3 unspecified atom stereocenters. The lowest BCUT2D eigenvalue weighted by Crippen LogP contribution is -2.44. The molecular formula is C36H40N2O5. The Morgan fingerprint density at radius 1 is 0.907 bits per heavy atom. The number of nitrogens with zero attached hydrogens (tertiary/aromatic N) is 1. The Hall–Kier alpha value is -4.33. The van der Waals surface area contributed by atoms with Gasteiger partial charge in [0.1, 0.15) is 24.7 Å². The molecular weight excluding hydrogens is 540 g/mol. The minimum atomic E-state index is -0.738. The van der Waals surface area contributed by atoms with Crippen molar-refractivity contribution in [3.63, 3.8) is 0 Å². The fourth-order valence-electron chi connectivity index (χ4n) is 5.69. The predicted octanol–water partition coefficient (Wildman–Crippen LogP) is 6.62. The van der Waals surface area contributed by atoms with E-state index in [2.05, 4.69) is 24.4 Å². The quantitative estimate of drug-likeness (QED) is 0.208. The van der Waals surface area contributed by atoms with E-state index in [0.29, 0.717) is 30.9 Å². The second-order valence-electron chi connectivity index (χ2n) is 11.1. The highest BCUT2D eigenvalue weighted by molar-refractivity contribution is 5.91. The predicted molar refractivity (Wildman–Crippen MR) is 169 cm³/mol. The minimum Gasteiger partial charge on any atom is -0.497 e. The zero-order valence-corrected chi connectivity index (χ0v) is 25.0. The lowest BCUT2D eigenvalue weighted by atomic mass is 9.84. The van der Waals surface area contributed by atoms with E-state index in [0.717, 1.165) is 34.4 Å². The largest absolute Gasteiger partial charge is 0.497 e. The summed E-state index contributed by atoms with van der Waals surface area (Å²) in [5, 5.41) is 15.2. The van der Waals surface area contributed by atoms with Crippen LogP contribution in [0.2, 0.25) is 0 Å². The van der Waals surface area contributed by atoms with Crippen LogP contribution in [0.25, 0.3) is 0 Å². The number of hydrogen-bond donors (Lipinski definition) is 2. The summed E-state index contributed by atoms with van der Waals surface area (Å²) in [7, 11) is 3.36. The van der Waals surface area contributed by atoms with Gasteiger partial charge in [-0.3, -0.25) is 4.90 Å². The average Bonchev–Trinajstić information content (AvgIpc) is 3.04. The van der Waals surface area contributed by atoms with Gasteiger partial charge in [-0.15, -0.1) is 0 Å². The molecule has 0 saturated heterocycles. The zero-order valence-electron chi connectivity index (χ0n) is 25.0. The monoisotopic (exact) mass is 580 g/mol. The highest BCUT2D eigenvalue weighted by Crippen LogP contribution is 2.42. The summed E-state index contributed by atoms with van der Waals surface area (Å²) in [6.07, 6.45) is 0.993. The van der Waals surface area contributed by atoms with Crippen molar-refractivity contribution in [2.75, 3.05) is 19.1 Å².